The fraction of sp³-hybridized carbons (Fsp3) is 0.278. The van der Waals surface area contributed by atoms with Gasteiger partial charge in [0.2, 0.25) is 11.8 Å². The molecule has 25 heavy (non-hydrogen) atoms. The summed E-state index contributed by atoms with van der Waals surface area (Å²) in [6.45, 7) is 1.27. The number of hydrogen-bond donors (Lipinski definition) is 2. The van der Waals surface area contributed by atoms with Gasteiger partial charge in [-0.2, -0.15) is 0 Å². The number of nitrogens with two attached hydrogens (primary N) is 1. The third-order valence-corrected chi connectivity index (χ3v) is 4.09. The first-order valence-corrected chi connectivity index (χ1v) is 8.12. The second kappa shape index (κ2) is 7.65. The number of carbonyl (C=O) groups excluding carboxylic acids is 2. The van der Waals surface area contributed by atoms with E-state index in [1.165, 1.54) is 0 Å². The van der Waals surface area contributed by atoms with E-state index in [4.69, 9.17) is 10.5 Å². The second-order valence-electron chi connectivity index (χ2n) is 5.91. The minimum absolute atomic E-state index is 0.203. The highest BCUT2D eigenvalue weighted by molar-refractivity contribution is 5.80. The SMILES string of the molecule is NC(=O)[C@@H]1CCN(C(=O)NCc2ccnc(Oc3ccccc3)c2)C1. The number of primary amides is 1. The third-order valence-electron chi connectivity index (χ3n) is 4.09. The maximum Gasteiger partial charge on any atom is 0.317 e. The average molecular weight is 340 g/mol. The van der Waals surface area contributed by atoms with Crippen LogP contribution in [0.25, 0.3) is 0 Å². The summed E-state index contributed by atoms with van der Waals surface area (Å²) in [6, 6.07) is 12.8. The molecule has 0 unspecified atom stereocenters. The van der Waals surface area contributed by atoms with Crippen LogP contribution in [0.5, 0.6) is 11.6 Å². The van der Waals surface area contributed by atoms with Gasteiger partial charge in [0.15, 0.2) is 0 Å². The topological polar surface area (TPSA) is 97.6 Å². The summed E-state index contributed by atoms with van der Waals surface area (Å²) in [5.41, 5.74) is 6.16. The van der Waals surface area contributed by atoms with Crippen LogP contribution >= 0.6 is 0 Å². The number of ether oxygens (including phenoxy) is 1. The number of aromatic nitrogens is 1. The number of pyridine rings is 1. The van der Waals surface area contributed by atoms with E-state index in [-0.39, 0.29) is 17.9 Å². The van der Waals surface area contributed by atoms with E-state index in [2.05, 4.69) is 10.3 Å². The minimum atomic E-state index is -0.355. The Morgan fingerprint density at radius 1 is 1.28 bits per heavy atom. The van der Waals surface area contributed by atoms with Crippen molar-refractivity contribution >= 4 is 11.9 Å². The van der Waals surface area contributed by atoms with Crippen LogP contribution in [0.15, 0.2) is 48.7 Å². The Labute approximate surface area is 145 Å². The lowest BCUT2D eigenvalue weighted by atomic mass is 10.1. The van der Waals surface area contributed by atoms with Crippen LogP contribution in [0.2, 0.25) is 0 Å². The number of benzene rings is 1. The number of nitrogens with zero attached hydrogens (tertiary/aromatic N) is 2. The number of nitrogens with one attached hydrogen (secondary N) is 1. The summed E-state index contributed by atoms with van der Waals surface area (Å²) in [5, 5.41) is 2.84. The fourth-order valence-electron chi connectivity index (χ4n) is 2.69. The van der Waals surface area contributed by atoms with Gasteiger partial charge in [0.25, 0.3) is 0 Å². The molecule has 0 bridgehead atoms. The number of carbonyl (C=O) groups is 2. The van der Waals surface area contributed by atoms with Crippen molar-refractivity contribution in [1.29, 1.82) is 0 Å². The first-order chi connectivity index (χ1) is 12.1. The molecule has 1 saturated heterocycles. The molecule has 1 fully saturated rings. The summed E-state index contributed by atoms with van der Waals surface area (Å²) >= 11 is 0. The van der Waals surface area contributed by atoms with Gasteiger partial charge in [-0.25, -0.2) is 9.78 Å². The standard InChI is InChI=1S/C18H20N4O3/c19-17(23)14-7-9-22(12-14)18(24)21-11-13-6-8-20-16(10-13)25-15-4-2-1-3-5-15/h1-6,8,10,14H,7,9,11-12H2,(H2,19,23)(H,21,24)/t14-/m1/s1. The van der Waals surface area contributed by atoms with Crippen molar-refractivity contribution in [2.45, 2.75) is 13.0 Å². The quantitative estimate of drug-likeness (QED) is 0.868. The molecule has 130 valence electrons. The Balaban J connectivity index is 1.54. The highest BCUT2D eigenvalue weighted by Crippen LogP contribution is 2.19. The summed E-state index contributed by atoms with van der Waals surface area (Å²) in [4.78, 5) is 29.1. The van der Waals surface area contributed by atoms with Crippen molar-refractivity contribution in [3.63, 3.8) is 0 Å². The minimum Gasteiger partial charge on any atom is -0.439 e. The second-order valence-corrected chi connectivity index (χ2v) is 5.91. The fourth-order valence-corrected chi connectivity index (χ4v) is 2.69. The molecule has 1 aromatic carbocycles. The van der Waals surface area contributed by atoms with Crippen LogP contribution < -0.4 is 15.8 Å². The molecule has 0 aliphatic carbocycles. The summed E-state index contributed by atoms with van der Waals surface area (Å²) in [5.74, 6) is 0.559. The molecule has 3 rings (SSSR count). The number of urea groups is 1. The zero-order valence-electron chi connectivity index (χ0n) is 13.7. The van der Waals surface area contributed by atoms with Crippen molar-refractivity contribution in [3.8, 4) is 11.6 Å². The summed E-state index contributed by atoms with van der Waals surface area (Å²) in [6.07, 6.45) is 2.26. The molecular formula is C18H20N4O3. The predicted octanol–water partition coefficient (Wildman–Crippen LogP) is 1.89. The number of rotatable bonds is 5. The predicted molar refractivity (Wildman–Crippen MR) is 91.9 cm³/mol. The smallest absolute Gasteiger partial charge is 0.317 e. The lowest BCUT2D eigenvalue weighted by molar-refractivity contribution is -0.121. The first-order valence-electron chi connectivity index (χ1n) is 8.12. The van der Waals surface area contributed by atoms with Gasteiger partial charge in [-0.15, -0.1) is 0 Å². The highest BCUT2D eigenvalue weighted by Gasteiger charge is 2.29. The Bertz CT molecular complexity index is 751. The Morgan fingerprint density at radius 3 is 2.80 bits per heavy atom. The number of amides is 3. The zero-order valence-corrected chi connectivity index (χ0v) is 13.7. The Kier molecular flexibility index (Phi) is 5.13. The van der Waals surface area contributed by atoms with Crippen molar-refractivity contribution < 1.29 is 14.3 Å². The molecule has 7 heteroatoms. The van der Waals surface area contributed by atoms with E-state index in [0.717, 1.165) is 5.56 Å². The van der Waals surface area contributed by atoms with E-state index < -0.39 is 0 Å². The average Bonchev–Trinajstić information content (AvgIpc) is 3.11. The largest absolute Gasteiger partial charge is 0.439 e. The van der Waals surface area contributed by atoms with Gasteiger partial charge in [-0.3, -0.25) is 4.79 Å². The van der Waals surface area contributed by atoms with Crippen molar-refractivity contribution in [3.05, 3.63) is 54.2 Å². The molecule has 3 N–H and O–H groups in total. The Hall–Kier alpha value is -3.09. The van der Waals surface area contributed by atoms with Crippen LogP contribution in [0.4, 0.5) is 4.79 Å². The van der Waals surface area contributed by atoms with Gasteiger partial charge in [-0.1, -0.05) is 18.2 Å². The van der Waals surface area contributed by atoms with Crippen LogP contribution in [0, 0.1) is 5.92 Å². The lowest BCUT2D eigenvalue weighted by Gasteiger charge is -2.17. The van der Waals surface area contributed by atoms with E-state index >= 15 is 0 Å². The van der Waals surface area contributed by atoms with Crippen LogP contribution in [0.1, 0.15) is 12.0 Å². The van der Waals surface area contributed by atoms with Gasteiger partial charge in [-0.05, 0) is 30.2 Å². The molecule has 2 aromatic rings. The normalized spacial score (nSPS) is 16.5. The summed E-state index contributed by atoms with van der Waals surface area (Å²) < 4.78 is 5.68. The van der Waals surface area contributed by atoms with Gasteiger partial charge in [0.1, 0.15) is 5.75 Å². The van der Waals surface area contributed by atoms with E-state index in [0.29, 0.717) is 37.7 Å². The van der Waals surface area contributed by atoms with Crippen LogP contribution in [-0.2, 0) is 11.3 Å². The van der Waals surface area contributed by atoms with Crippen LogP contribution in [0.3, 0.4) is 0 Å². The third kappa shape index (κ3) is 4.47. The molecule has 3 amide bonds. The summed E-state index contributed by atoms with van der Waals surface area (Å²) in [7, 11) is 0. The van der Waals surface area contributed by atoms with Gasteiger partial charge in [0.05, 0.1) is 5.92 Å². The van der Waals surface area contributed by atoms with Gasteiger partial charge < -0.3 is 20.7 Å². The molecule has 2 heterocycles. The monoisotopic (exact) mass is 340 g/mol. The molecule has 0 spiro atoms. The number of hydrogen-bond acceptors (Lipinski definition) is 4. The maximum absolute atomic E-state index is 12.2. The molecule has 1 atom stereocenters. The Morgan fingerprint density at radius 2 is 2.08 bits per heavy atom. The van der Waals surface area contributed by atoms with Crippen molar-refractivity contribution in [2.24, 2.45) is 11.7 Å². The van der Waals surface area contributed by atoms with Gasteiger partial charge in [0, 0.05) is 31.9 Å². The molecule has 0 saturated carbocycles. The zero-order chi connectivity index (χ0) is 17.6. The number of para-hydroxylation sites is 1. The van der Waals surface area contributed by atoms with Crippen molar-refractivity contribution in [2.75, 3.05) is 13.1 Å². The van der Waals surface area contributed by atoms with Gasteiger partial charge >= 0.3 is 6.03 Å². The molecule has 1 aliphatic rings. The maximum atomic E-state index is 12.2. The molecule has 1 aliphatic heterocycles. The van der Waals surface area contributed by atoms with E-state index in [1.807, 2.05) is 36.4 Å². The molecule has 0 radical (unpaired) electrons. The molecule has 1 aromatic heterocycles. The molecule has 7 nitrogen and oxygen atoms in total. The highest BCUT2D eigenvalue weighted by atomic mass is 16.5. The number of likely N-dealkylation sites (tertiary alicyclic amines) is 1. The molecular weight excluding hydrogens is 320 g/mol. The first kappa shape index (κ1) is 16.8. The van der Waals surface area contributed by atoms with E-state index in [9.17, 15) is 9.59 Å². The van der Waals surface area contributed by atoms with E-state index in [1.54, 1.807) is 17.2 Å². The van der Waals surface area contributed by atoms with Crippen LogP contribution in [-0.4, -0.2) is 34.9 Å². The lowest BCUT2D eigenvalue weighted by Crippen LogP contribution is -2.39. The van der Waals surface area contributed by atoms with Crippen molar-refractivity contribution in [1.82, 2.24) is 15.2 Å².